The van der Waals surface area contributed by atoms with Gasteiger partial charge in [-0.25, -0.2) is 5.01 Å². The number of nitrogens with two attached hydrogens (primary N) is 1. The summed E-state index contributed by atoms with van der Waals surface area (Å²) in [6.45, 7) is 7.12. The van der Waals surface area contributed by atoms with Crippen LogP contribution in [0.2, 0.25) is 0 Å². The van der Waals surface area contributed by atoms with E-state index in [-0.39, 0.29) is 41.4 Å². The number of methoxy groups -OCH3 is 1. The topological polar surface area (TPSA) is 172 Å². The molecule has 50 heavy (non-hydrogen) atoms. The maximum atomic E-state index is 13.1. The van der Waals surface area contributed by atoms with Gasteiger partial charge in [-0.05, 0) is 55.7 Å². The van der Waals surface area contributed by atoms with Crippen molar-refractivity contribution >= 4 is 34.6 Å². The van der Waals surface area contributed by atoms with Gasteiger partial charge in [0.05, 0.1) is 25.6 Å². The summed E-state index contributed by atoms with van der Waals surface area (Å²) in [5, 5.41) is 12.5. The molecule has 1 saturated carbocycles. The van der Waals surface area contributed by atoms with Crippen molar-refractivity contribution in [3.05, 3.63) is 53.2 Å². The molecule has 0 spiro atoms. The van der Waals surface area contributed by atoms with E-state index in [1.54, 1.807) is 13.2 Å². The summed E-state index contributed by atoms with van der Waals surface area (Å²) in [7, 11) is 1.64. The smallest absolute Gasteiger partial charge is 0.320 e. The van der Waals surface area contributed by atoms with Gasteiger partial charge < -0.3 is 19.8 Å². The van der Waals surface area contributed by atoms with E-state index in [1.807, 2.05) is 21.7 Å². The minimum atomic E-state index is -0.244. The second-order valence-corrected chi connectivity index (χ2v) is 13.3. The molecule has 0 unspecified atom stereocenters. The fourth-order valence-electron chi connectivity index (χ4n) is 6.94. The standard InChI is InChI=1S/C36H45N9O5/c1-3-4-17-50-36-39-33(38)29-19-28(20-37)44(34(29)40-36)23-27-10-7-25(18-30(27)49-2)21-42-13-15-43(16-14-42)41-35(48)26-8-5-24(6-9-26)22-45-31(46)11-12-32(45)47/h7,10-12,18-19,24,26H,3-6,8-9,13-17,21-23H2,1-2H3,(H,41,48)(H2,38,39,40). The lowest BCUT2D eigenvalue weighted by molar-refractivity contribution is -0.138. The molecule has 0 atom stereocenters. The molecular formula is C36H45N9O5. The molecule has 4 heterocycles. The molecule has 3 aromatic rings. The number of unbranched alkanes of at least 4 members (excludes halogenated alkanes) is 1. The average Bonchev–Trinajstić information content (AvgIpc) is 3.64. The van der Waals surface area contributed by atoms with E-state index in [0.29, 0.717) is 42.2 Å². The summed E-state index contributed by atoms with van der Waals surface area (Å²) in [6.07, 6.45) is 7.66. The SMILES string of the molecule is CCCCOc1nc(N)c2cc(C#N)n(Cc3ccc(CN4CCN(NC(=O)C5CCC(CN6C(=O)C=CC6=O)CC5)CC4)cc3OC)c2n1. The molecule has 3 amide bonds. The Labute approximate surface area is 291 Å². The quantitative estimate of drug-likeness (QED) is 0.200. The van der Waals surface area contributed by atoms with Gasteiger partial charge >= 0.3 is 6.01 Å². The van der Waals surface area contributed by atoms with Crippen molar-refractivity contribution in [2.24, 2.45) is 11.8 Å². The van der Waals surface area contributed by atoms with Crippen molar-refractivity contribution in [1.29, 1.82) is 5.26 Å². The molecule has 3 aliphatic rings. The Morgan fingerprint density at radius 1 is 1.04 bits per heavy atom. The fraction of sp³-hybridized carbons (Fsp3) is 0.500. The summed E-state index contributed by atoms with van der Waals surface area (Å²) >= 11 is 0. The largest absolute Gasteiger partial charge is 0.496 e. The van der Waals surface area contributed by atoms with Crippen LogP contribution < -0.4 is 20.6 Å². The van der Waals surface area contributed by atoms with E-state index in [0.717, 1.165) is 82.4 Å². The van der Waals surface area contributed by atoms with Crippen LogP contribution in [0.5, 0.6) is 11.8 Å². The number of hydrazine groups is 1. The summed E-state index contributed by atoms with van der Waals surface area (Å²) < 4.78 is 13.3. The Bertz CT molecular complexity index is 1780. The lowest BCUT2D eigenvalue weighted by atomic mass is 9.81. The van der Waals surface area contributed by atoms with E-state index in [2.05, 4.69) is 39.4 Å². The summed E-state index contributed by atoms with van der Waals surface area (Å²) in [4.78, 5) is 49.4. The molecule has 0 radical (unpaired) electrons. The minimum absolute atomic E-state index is 0.0524. The van der Waals surface area contributed by atoms with Crippen molar-refractivity contribution in [2.45, 2.75) is 58.5 Å². The lowest BCUT2D eigenvalue weighted by Gasteiger charge is -2.36. The Balaban J connectivity index is 1.01. The number of nitrogens with one attached hydrogen (secondary N) is 1. The van der Waals surface area contributed by atoms with Gasteiger partial charge in [-0.1, -0.05) is 25.5 Å². The van der Waals surface area contributed by atoms with Crippen molar-refractivity contribution in [1.82, 2.24) is 34.8 Å². The molecule has 1 aromatic carbocycles. The highest BCUT2D eigenvalue weighted by Crippen LogP contribution is 2.31. The highest BCUT2D eigenvalue weighted by atomic mass is 16.5. The van der Waals surface area contributed by atoms with Crippen LogP contribution in [0, 0.1) is 23.2 Å². The predicted molar refractivity (Wildman–Crippen MR) is 185 cm³/mol. The van der Waals surface area contributed by atoms with E-state index in [1.165, 1.54) is 17.1 Å². The van der Waals surface area contributed by atoms with E-state index < -0.39 is 0 Å². The minimum Gasteiger partial charge on any atom is -0.496 e. The number of rotatable bonds is 13. The first-order valence-electron chi connectivity index (χ1n) is 17.4. The molecule has 14 nitrogen and oxygen atoms in total. The van der Waals surface area contributed by atoms with Crippen LogP contribution in [0.15, 0.2) is 36.4 Å². The number of nitrogens with zero attached hydrogens (tertiary/aromatic N) is 7. The van der Waals surface area contributed by atoms with Gasteiger partial charge in [0.1, 0.15) is 23.3 Å². The Morgan fingerprint density at radius 3 is 2.46 bits per heavy atom. The van der Waals surface area contributed by atoms with Gasteiger partial charge in [0.2, 0.25) is 5.91 Å². The highest BCUT2D eigenvalue weighted by molar-refractivity contribution is 6.12. The number of nitrogen functional groups attached to an aromatic ring is 1. The Hall–Kier alpha value is -5.00. The van der Waals surface area contributed by atoms with Crippen LogP contribution in [0.1, 0.15) is 62.3 Å². The number of hydrogen-bond donors (Lipinski definition) is 2. The number of imide groups is 1. The molecule has 2 aromatic heterocycles. The van der Waals surface area contributed by atoms with Crippen molar-refractivity contribution < 1.29 is 23.9 Å². The number of piperazine rings is 1. The van der Waals surface area contributed by atoms with Crippen LogP contribution in [-0.2, 0) is 27.5 Å². The monoisotopic (exact) mass is 683 g/mol. The third-order valence-corrected chi connectivity index (χ3v) is 9.89. The zero-order chi connectivity index (χ0) is 35.2. The molecule has 14 heteroatoms. The molecule has 2 aliphatic heterocycles. The summed E-state index contributed by atoms with van der Waals surface area (Å²) in [5.41, 5.74) is 12.3. The number of hydrogen-bond acceptors (Lipinski definition) is 11. The lowest BCUT2D eigenvalue weighted by Crippen LogP contribution is -2.54. The van der Waals surface area contributed by atoms with E-state index in [4.69, 9.17) is 15.2 Å². The second-order valence-electron chi connectivity index (χ2n) is 13.3. The van der Waals surface area contributed by atoms with Gasteiger partial charge in [-0.15, -0.1) is 0 Å². The fourth-order valence-corrected chi connectivity index (χ4v) is 6.94. The van der Waals surface area contributed by atoms with Crippen LogP contribution in [0.25, 0.3) is 11.0 Å². The number of anilines is 1. The summed E-state index contributed by atoms with van der Waals surface area (Å²) in [6, 6.07) is 10.3. The van der Waals surface area contributed by atoms with E-state index >= 15 is 0 Å². The highest BCUT2D eigenvalue weighted by Gasteiger charge is 2.32. The molecule has 1 aliphatic carbocycles. The van der Waals surface area contributed by atoms with Gasteiger partial charge in [-0.3, -0.25) is 29.6 Å². The zero-order valence-corrected chi connectivity index (χ0v) is 28.8. The number of benzene rings is 1. The van der Waals surface area contributed by atoms with Crippen LogP contribution in [0.3, 0.4) is 0 Å². The molecule has 6 rings (SSSR count). The number of aromatic nitrogens is 3. The first-order valence-corrected chi connectivity index (χ1v) is 17.4. The normalized spacial score (nSPS) is 20.0. The number of nitriles is 1. The van der Waals surface area contributed by atoms with Crippen LogP contribution in [-0.4, -0.2) is 93.5 Å². The molecule has 2 fully saturated rings. The zero-order valence-electron chi connectivity index (χ0n) is 28.8. The first kappa shape index (κ1) is 34.8. The third kappa shape index (κ3) is 7.90. The Morgan fingerprint density at radius 2 is 1.78 bits per heavy atom. The van der Waals surface area contributed by atoms with Crippen molar-refractivity contribution in [2.75, 3.05) is 52.2 Å². The van der Waals surface area contributed by atoms with Crippen molar-refractivity contribution in [3.63, 3.8) is 0 Å². The number of carbonyl (C=O) groups is 3. The third-order valence-electron chi connectivity index (χ3n) is 9.89. The number of carbonyl (C=O) groups excluding carboxylic acids is 3. The first-order chi connectivity index (χ1) is 24.3. The number of ether oxygens (including phenoxy) is 2. The van der Waals surface area contributed by atoms with Gasteiger partial charge in [0, 0.05) is 62.9 Å². The number of fused-ring (bicyclic) bond motifs is 1. The molecule has 0 bridgehead atoms. The molecule has 1 saturated heterocycles. The average molecular weight is 684 g/mol. The summed E-state index contributed by atoms with van der Waals surface area (Å²) in [5.74, 6) is 0.731. The maximum Gasteiger partial charge on any atom is 0.320 e. The predicted octanol–water partition coefficient (Wildman–Crippen LogP) is 3.00. The molecule has 3 N–H and O–H groups in total. The molecular weight excluding hydrogens is 638 g/mol. The van der Waals surface area contributed by atoms with Crippen LogP contribution in [0.4, 0.5) is 5.82 Å². The van der Waals surface area contributed by atoms with Crippen LogP contribution >= 0.6 is 0 Å². The van der Waals surface area contributed by atoms with E-state index in [9.17, 15) is 19.6 Å². The maximum absolute atomic E-state index is 13.1. The van der Waals surface area contributed by atoms with Gasteiger partial charge in [0.15, 0.2) is 5.65 Å². The number of amides is 3. The van der Waals surface area contributed by atoms with Gasteiger partial charge in [-0.2, -0.15) is 15.2 Å². The van der Waals surface area contributed by atoms with Gasteiger partial charge in [0.25, 0.3) is 11.8 Å². The van der Waals surface area contributed by atoms with Crippen molar-refractivity contribution in [3.8, 4) is 17.8 Å². The second kappa shape index (κ2) is 15.7. The molecule has 264 valence electrons. The Kier molecular flexibility index (Phi) is 10.9.